The molecule has 1 heterocycles. The van der Waals surface area contributed by atoms with E-state index in [1.54, 1.807) is 55.8 Å². The van der Waals surface area contributed by atoms with E-state index in [1.165, 1.54) is 13.8 Å². The number of aliphatic carboxylic acids is 1. The van der Waals surface area contributed by atoms with Crippen LogP contribution < -0.4 is 9.47 Å². The smallest absolute Gasteiger partial charge is 0.347 e. The maximum absolute atomic E-state index is 13.4. The highest BCUT2D eigenvalue weighted by Crippen LogP contribution is 2.31. The zero-order valence-corrected chi connectivity index (χ0v) is 19.8. The van der Waals surface area contributed by atoms with Crippen LogP contribution in [-0.2, 0) is 11.3 Å². The van der Waals surface area contributed by atoms with E-state index in [0.717, 1.165) is 16.5 Å². The van der Waals surface area contributed by atoms with Crippen LogP contribution in [0.15, 0.2) is 72.9 Å². The highest BCUT2D eigenvalue weighted by atomic mass is 35.5. The minimum absolute atomic E-state index is 0.134. The fourth-order valence-electron chi connectivity index (χ4n) is 3.69. The van der Waals surface area contributed by atoms with Crippen molar-refractivity contribution in [1.82, 2.24) is 4.57 Å². The van der Waals surface area contributed by atoms with Gasteiger partial charge in [-0.05, 0) is 61.9 Å². The van der Waals surface area contributed by atoms with Crippen LogP contribution in [0, 0.1) is 0 Å². The average Bonchev–Trinajstić information content (AvgIpc) is 3.17. The molecule has 0 saturated carbocycles. The molecule has 0 unspecified atom stereocenters. The standard InChI is InChI=1S/C27H24ClNO5/c1-27(2,26(31)32)34-20-12-13-21-22(25(30)17-8-10-19(33-3)11-9-17)16-29(24(21)14-20)15-18-6-4-5-7-23(18)28/h4-14,16H,15H2,1-3H3,(H,31,32). The Morgan fingerprint density at radius 2 is 1.68 bits per heavy atom. The van der Waals surface area contributed by atoms with Gasteiger partial charge in [0.05, 0.1) is 12.6 Å². The lowest BCUT2D eigenvalue weighted by Gasteiger charge is -2.21. The summed E-state index contributed by atoms with van der Waals surface area (Å²) in [6.45, 7) is 3.40. The lowest BCUT2D eigenvalue weighted by Crippen LogP contribution is -2.37. The van der Waals surface area contributed by atoms with E-state index < -0.39 is 11.6 Å². The minimum Gasteiger partial charge on any atom is -0.497 e. The molecule has 0 saturated heterocycles. The first-order valence-electron chi connectivity index (χ1n) is 10.7. The van der Waals surface area contributed by atoms with Crippen molar-refractivity contribution in [3.05, 3.63) is 94.6 Å². The van der Waals surface area contributed by atoms with Crippen LogP contribution >= 0.6 is 11.6 Å². The summed E-state index contributed by atoms with van der Waals surface area (Å²) in [7, 11) is 1.57. The van der Waals surface area contributed by atoms with Crippen LogP contribution in [0.4, 0.5) is 0 Å². The van der Waals surface area contributed by atoms with Gasteiger partial charge in [0, 0.05) is 40.3 Å². The van der Waals surface area contributed by atoms with Gasteiger partial charge in [0.1, 0.15) is 11.5 Å². The lowest BCUT2D eigenvalue weighted by atomic mass is 10.0. The van der Waals surface area contributed by atoms with Gasteiger partial charge in [-0.3, -0.25) is 4.79 Å². The monoisotopic (exact) mass is 477 g/mol. The largest absolute Gasteiger partial charge is 0.497 e. The summed E-state index contributed by atoms with van der Waals surface area (Å²) in [5, 5.41) is 10.8. The molecule has 6 nitrogen and oxygen atoms in total. The Morgan fingerprint density at radius 3 is 2.32 bits per heavy atom. The Kier molecular flexibility index (Phi) is 6.35. The molecule has 0 fully saturated rings. The predicted molar refractivity (Wildman–Crippen MR) is 131 cm³/mol. The average molecular weight is 478 g/mol. The Bertz CT molecular complexity index is 1370. The van der Waals surface area contributed by atoms with Crippen molar-refractivity contribution in [2.24, 2.45) is 0 Å². The number of carbonyl (C=O) groups is 2. The van der Waals surface area contributed by atoms with Gasteiger partial charge in [0.15, 0.2) is 11.4 Å². The van der Waals surface area contributed by atoms with Gasteiger partial charge in [-0.1, -0.05) is 29.8 Å². The minimum atomic E-state index is -1.41. The number of carboxylic acids is 1. The van der Waals surface area contributed by atoms with Crippen molar-refractivity contribution < 1.29 is 24.2 Å². The van der Waals surface area contributed by atoms with Crippen molar-refractivity contribution in [3.8, 4) is 11.5 Å². The summed E-state index contributed by atoms with van der Waals surface area (Å²) in [4.78, 5) is 24.9. The number of hydrogen-bond donors (Lipinski definition) is 1. The van der Waals surface area contributed by atoms with Crippen LogP contribution in [0.1, 0.15) is 35.3 Å². The maximum atomic E-state index is 13.4. The zero-order valence-electron chi connectivity index (χ0n) is 19.0. The Hall–Kier alpha value is -3.77. The van der Waals surface area contributed by atoms with Crippen molar-refractivity contribution in [3.63, 3.8) is 0 Å². The number of aromatic nitrogens is 1. The third-order valence-corrected chi connectivity index (χ3v) is 6.01. The Balaban J connectivity index is 1.81. The Labute approximate surface area is 202 Å². The molecule has 0 atom stereocenters. The van der Waals surface area contributed by atoms with E-state index in [4.69, 9.17) is 21.1 Å². The van der Waals surface area contributed by atoms with E-state index >= 15 is 0 Å². The van der Waals surface area contributed by atoms with Crippen LogP contribution in [0.5, 0.6) is 11.5 Å². The van der Waals surface area contributed by atoms with E-state index in [0.29, 0.717) is 34.2 Å². The third kappa shape index (κ3) is 4.63. The summed E-state index contributed by atoms with van der Waals surface area (Å²) in [6, 6.07) is 19.7. The number of carboxylic acid groups (broad SMARTS) is 1. The van der Waals surface area contributed by atoms with E-state index in [2.05, 4.69) is 0 Å². The summed E-state index contributed by atoms with van der Waals surface area (Å²) < 4.78 is 12.9. The van der Waals surface area contributed by atoms with Crippen molar-refractivity contribution in [1.29, 1.82) is 0 Å². The molecule has 0 aliphatic heterocycles. The molecule has 3 aromatic carbocycles. The topological polar surface area (TPSA) is 77.8 Å². The van der Waals surface area contributed by atoms with Crippen LogP contribution in [0.2, 0.25) is 5.02 Å². The van der Waals surface area contributed by atoms with Gasteiger partial charge >= 0.3 is 5.97 Å². The maximum Gasteiger partial charge on any atom is 0.347 e. The fraction of sp³-hybridized carbons (Fsp3) is 0.185. The SMILES string of the molecule is COc1ccc(C(=O)c2cn(Cc3ccccc3Cl)c3cc(OC(C)(C)C(=O)O)ccc23)cc1. The highest BCUT2D eigenvalue weighted by molar-refractivity contribution is 6.31. The summed E-state index contributed by atoms with van der Waals surface area (Å²) in [5.74, 6) is -0.151. The van der Waals surface area contributed by atoms with Crippen molar-refractivity contribution >= 4 is 34.3 Å². The molecule has 0 bridgehead atoms. The number of ether oxygens (including phenoxy) is 2. The summed E-state index contributed by atoms with van der Waals surface area (Å²) in [5.41, 5.74) is 1.27. The molecule has 0 spiro atoms. The molecule has 4 aromatic rings. The Morgan fingerprint density at radius 1 is 1.00 bits per heavy atom. The number of halogens is 1. The van der Waals surface area contributed by atoms with Crippen LogP contribution in [0.25, 0.3) is 10.9 Å². The van der Waals surface area contributed by atoms with Crippen molar-refractivity contribution in [2.75, 3.05) is 7.11 Å². The molecule has 34 heavy (non-hydrogen) atoms. The number of benzene rings is 3. The fourth-order valence-corrected chi connectivity index (χ4v) is 3.89. The first-order valence-corrected chi connectivity index (χ1v) is 11.0. The highest BCUT2D eigenvalue weighted by Gasteiger charge is 2.29. The molecule has 0 radical (unpaired) electrons. The van der Waals surface area contributed by atoms with Gasteiger partial charge in [0.2, 0.25) is 0 Å². The predicted octanol–water partition coefficient (Wildman–Crippen LogP) is 5.82. The summed E-state index contributed by atoms with van der Waals surface area (Å²) >= 11 is 6.39. The quantitative estimate of drug-likeness (QED) is 0.323. The second kappa shape index (κ2) is 9.23. The molecule has 0 amide bonds. The number of carbonyl (C=O) groups excluding carboxylic acids is 1. The molecular weight excluding hydrogens is 454 g/mol. The van der Waals surface area contributed by atoms with Gasteiger partial charge < -0.3 is 19.1 Å². The van der Waals surface area contributed by atoms with Crippen molar-refractivity contribution in [2.45, 2.75) is 26.0 Å². The number of nitrogens with zero attached hydrogens (tertiary/aromatic N) is 1. The molecular formula is C27H24ClNO5. The van der Waals surface area contributed by atoms with Gasteiger partial charge in [-0.25, -0.2) is 4.79 Å². The first kappa shape index (κ1) is 23.4. The van der Waals surface area contributed by atoms with E-state index in [-0.39, 0.29) is 5.78 Å². The molecule has 1 N–H and O–H groups in total. The normalized spacial score (nSPS) is 11.4. The second-order valence-electron chi connectivity index (χ2n) is 8.42. The van der Waals surface area contributed by atoms with Crippen LogP contribution in [-0.4, -0.2) is 34.1 Å². The van der Waals surface area contributed by atoms with Gasteiger partial charge in [-0.2, -0.15) is 0 Å². The molecule has 174 valence electrons. The molecule has 1 aromatic heterocycles. The molecule has 4 rings (SSSR count). The second-order valence-corrected chi connectivity index (χ2v) is 8.82. The zero-order chi connectivity index (χ0) is 24.5. The third-order valence-electron chi connectivity index (χ3n) is 5.64. The molecule has 0 aliphatic rings. The number of hydrogen-bond acceptors (Lipinski definition) is 4. The lowest BCUT2D eigenvalue weighted by molar-refractivity contribution is -0.152. The number of methoxy groups -OCH3 is 1. The molecule has 7 heteroatoms. The van der Waals surface area contributed by atoms with Gasteiger partial charge in [0.25, 0.3) is 0 Å². The van der Waals surface area contributed by atoms with Gasteiger partial charge in [-0.15, -0.1) is 0 Å². The first-order chi connectivity index (χ1) is 16.2. The number of rotatable bonds is 8. The number of ketones is 1. The van der Waals surface area contributed by atoms with E-state index in [1.807, 2.05) is 28.8 Å². The number of fused-ring (bicyclic) bond motifs is 1. The van der Waals surface area contributed by atoms with E-state index in [9.17, 15) is 14.7 Å². The molecule has 0 aliphatic carbocycles. The summed E-state index contributed by atoms with van der Waals surface area (Å²) in [6.07, 6.45) is 1.80. The van der Waals surface area contributed by atoms with Crippen LogP contribution in [0.3, 0.4) is 0 Å².